The predicted octanol–water partition coefficient (Wildman–Crippen LogP) is 1.15. The summed E-state index contributed by atoms with van der Waals surface area (Å²) in [6, 6.07) is 0. The van der Waals surface area contributed by atoms with Gasteiger partial charge in [0.2, 0.25) is 0 Å². The summed E-state index contributed by atoms with van der Waals surface area (Å²) < 4.78 is 22.9. The summed E-state index contributed by atoms with van der Waals surface area (Å²) in [4.78, 5) is 10.1. The van der Waals surface area contributed by atoms with E-state index >= 15 is 0 Å². The molecule has 0 bridgehead atoms. The molecule has 0 aliphatic heterocycles. The van der Waals surface area contributed by atoms with Crippen molar-refractivity contribution in [3.63, 3.8) is 0 Å². The van der Waals surface area contributed by atoms with Crippen molar-refractivity contribution >= 4 is 12.1 Å². The lowest BCUT2D eigenvalue weighted by Gasteiger charge is -1.94. The number of alkyl halides is 2. The van der Waals surface area contributed by atoms with Gasteiger partial charge >= 0.3 is 12.3 Å². The summed E-state index contributed by atoms with van der Waals surface area (Å²) in [5, 5.41) is 3.28. The van der Waals surface area contributed by atoms with Crippen LogP contribution in [-0.4, -0.2) is 18.5 Å². The third kappa shape index (κ3) is 5.44. The van der Waals surface area contributed by atoms with E-state index in [0.717, 1.165) is 6.42 Å². The van der Waals surface area contributed by atoms with Gasteiger partial charge in [-0.15, -0.1) is 0 Å². The van der Waals surface area contributed by atoms with Crippen molar-refractivity contribution in [3.8, 4) is 0 Å². The molecular weight excluding hydrogens is 154 g/mol. The molecule has 0 rings (SSSR count). The van der Waals surface area contributed by atoms with Gasteiger partial charge in [0, 0.05) is 6.21 Å². The molecule has 0 unspecified atom stereocenters. The monoisotopic (exact) mass is 164 g/mol. The predicted molar refractivity (Wildman–Crippen MR) is 37.5 cm³/mol. The van der Waals surface area contributed by atoms with Gasteiger partial charge in [0.1, 0.15) is 0 Å². The molecule has 5 heteroatoms. The van der Waals surface area contributed by atoms with E-state index in [9.17, 15) is 13.6 Å². The van der Waals surface area contributed by atoms with Gasteiger partial charge in [-0.05, 0) is 6.42 Å². The molecule has 0 aromatic carbocycles. The van der Waals surface area contributed by atoms with Crippen LogP contribution >= 0.6 is 0 Å². The number of nitrogens with zero attached hydrogens (tertiary/aromatic N) is 1. The molecule has 0 aliphatic carbocycles. The van der Waals surface area contributed by atoms with E-state index in [1.807, 2.05) is 6.92 Å². The second-order valence-corrected chi connectivity index (χ2v) is 1.88. The second kappa shape index (κ2) is 5.76. The highest BCUT2D eigenvalue weighted by Crippen LogP contribution is 1.89. The molecule has 0 aromatic rings. The summed E-state index contributed by atoms with van der Waals surface area (Å²) in [6.45, 7) is 1.92. The fraction of sp³-hybridized carbons (Fsp3) is 0.667. The van der Waals surface area contributed by atoms with E-state index in [-0.39, 0.29) is 0 Å². The van der Waals surface area contributed by atoms with E-state index in [0.29, 0.717) is 6.42 Å². The first-order valence-electron chi connectivity index (χ1n) is 3.28. The number of halogens is 2. The number of hydrogen-bond acceptors (Lipinski definition) is 2. The number of nitrogens with one attached hydrogen (secondary N) is 1. The number of amides is 1. The third-order valence-electron chi connectivity index (χ3n) is 0.882. The maximum atomic E-state index is 11.5. The number of carbonyl (C=O) groups is 1. The summed E-state index contributed by atoms with van der Waals surface area (Å²) in [7, 11) is 0. The fourth-order valence-corrected chi connectivity index (χ4v) is 0.352. The largest absolute Gasteiger partial charge is 0.317 e. The van der Waals surface area contributed by atoms with Gasteiger partial charge in [0.05, 0.1) is 0 Å². The first kappa shape index (κ1) is 10.0. The van der Waals surface area contributed by atoms with Gasteiger partial charge in [-0.3, -0.25) is 4.79 Å². The van der Waals surface area contributed by atoms with Crippen LogP contribution in [0, 0.1) is 0 Å². The van der Waals surface area contributed by atoms with E-state index < -0.39 is 12.3 Å². The average Bonchev–Trinajstić information content (AvgIpc) is 1.97. The Bertz CT molecular complexity index is 148. The topological polar surface area (TPSA) is 41.5 Å². The minimum Gasteiger partial charge on any atom is -0.266 e. The van der Waals surface area contributed by atoms with Gasteiger partial charge in [-0.2, -0.15) is 13.9 Å². The van der Waals surface area contributed by atoms with Crippen LogP contribution in [0.4, 0.5) is 8.78 Å². The van der Waals surface area contributed by atoms with E-state index in [1.54, 1.807) is 5.43 Å². The van der Waals surface area contributed by atoms with Gasteiger partial charge in [-0.25, -0.2) is 5.43 Å². The van der Waals surface area contributed by atoms with Crippen molar-refractivity contribution < 1.29 is 13.6 Å². The smallest absolute Gasteiger partial charge is 0.266 e. The van der Waals surface area contributed by atoms with Crippen molar-refractivity contribution in [2.24, 2.45) is 5.10 Å². The molecule has 0 heterocycles. The molecule has 1 N–H and O–H groups in total. The third-order valence-corrected chi connectivity index (χ3v) is 0.882. The summed E-state index contributed by atoms with van der Waals surface area (Å²) in [5.41, 5.74) is 1.70. The first-order valence-corrected chi connectivity index (χ1v) is 3.28. The highest BCUT2D eigenvalue weighted by molar-refractivity contribution is 5.79. The normalized spacial score (nSPS) is 10.9. The molecule has 1 amide bonds. The van der Waals surface area contributed by atoms with Crippen LogP contribution in [0.1, 0.15) is 19.8 Å². The molecular formula is C6H10F2N2O. The van der Waals surface area contributed by atoms with E-state index in [2.05, 4.69) is 5.10 Å². The van der Waals surface area contributed by atoms with Crippen molar-refractivity contribution in [2.45, 2.75) is 26.2 Å². The number of unbranched alkanes of at least 4 members (excludes halogenated alkanes) is 1. The number of hydrazone groups is 1. The fourth-order valence-electron chi connectivity index (χ4n) is 0.352. The number of hydrogen-bond donors (Lipinski definition) is 1. The first-order chi connectivity index (χ1) is 5.18. The Hall–Kier alpha value is -1.00. The van der Waals surface area contributed by atoms with Crippen molar-refractivity contribution in [1.29, 1.82) is 0 Å². The Morgan fingerprint density at radius 3 is 2.82 bits per heavy atom. The lowest BCUT2D eigenvalue weighted by atomic mass is 10.4. The van der Waals surface area contributed by atoms with Crippen LogP contribution in [0.5, 0.6) is 0 Å². The van der Waals surface area contributed by atoms with Crippen LogP contribution in [0.3, 0.4) is 0 Å². The number of rotatable bonds is 4. The zero-order valence-electron chi connectivity index (χ0n) is 6.18. The Balaban J connectivity index is 3.45. The molecule has 0 aliphatic rings. The van der Waals surface area contributed by atoms with Gasteiger partial charge in [0.15, 0.2) is 0 Å². The molecule has 0 atom stereocenters. The maximum Gasteiger partial charge on any atom is 0.317 e. The van der Waals surface area contributed by atoms with Crippen molar-refractivity contribution in [3.05, 3.63) is 0 Å². The Kier molecular flexibility index (Phi) is 5.24. The molecule has 11 heavy (non-hydrogen) atoms. The maximum absolute atomic E-state index is 11.5. The van der Waals surface area contributed by atoms with Crippen LogP contribution in [0.25, 0.3) is 0 Å². The molecule has 64 valence electrons. The Labute approximate surface area is 63.5 Å². The summed E-state index contributed by atoms with van der Waals surface area (Å²) >= 11 is 0. The summed E-state index contributed by atoms with van der Waals surface area (Å²) in [5.74, 6) is -1.36. The molecule has 0 aromatic heterocycles. The van der Waals surface area contributed by atoms with Gasteiger partial charge in [-0.1, -0.05) is 13.3 Å². The summed E-state index contributed by atoms with van der Waals surface area (Å²) in [6.07, 6.45) is -0.0635. The van der Waals surface area contributed by atoms with Gasteiger partial charge < -0.3 is 0 Å². The molecule has 0 radical (unpaired) electrons. The lowest BCUT2D eigenvalue weighted by molar-refractivity contribution is -0.131. The zero-order valence-corrected chi connectivity index (χ0v) is 6.18. The molecule has 0 fully saturated rings. The SMILES string of the molecule is CCC/C=N/NC(=O)C(F)F. The standard InChI is InChI=1S/C6H10F2N2O/c1-2-3-4-9-10-6(11)5(7)8/h4-5H,2-3H2,1H3,(H,10,11)/b9-4+. The minimum absolute atomic E-state index is 0.670. The Morgan fingerprint density at radius 2 is 2.36 bits per heavy atom. The molecule has 0 saturated carbocycles. The second-order valence-electron chi connectivity index (χ2n) is 1.88. The van der Waals surface area contributed by atoms with E-state index in [4.69, 9.17) is 0 Å². The quantitative estimate of drug-likeness (QED) is 0.491. The van der Waals surface area contributed by atoms with Crippen molar-refractivity contribution in [1.82, 2.24) is 5.43 Å². The zero-order chi connectivity index (χ0) is 8.69. The molecule has 0 saturated heterocycles. The Morgan fingerprint density at radius 1 is 1.73 bits per heavy atom. The van der Waals surface area contributed by atoms with Crippen molar-refractivity contribution in [2.75, 3.05) is 0 Å². The molecule has 3 nitrogen and oxygen atoms in total. The number of carbonyl (C=O) groups excluding carboxylic acids is 1. The molecule has 0 spiro atoms. The van der Waals surface area contributed by atoms with Crippen LogP contribution in [0.2, 0.25) is 0 Å². The van der Waals surface area contributed by atoms with E-state index in [1.165, 1.54) is 6.21 Å². The van der Waals surface area contributed by atoms with Crippen LogP contribution < -0.4 is 5.43 Å². The van der Waals surface area contributed by atoms with Gasteiger partial charge in [0.25, 0.3) is 0 Å². The average molecular weight is 164 g/mol. The van der Waals surface area contributed by atoms with Crippen LogP contribution in [0.15, 0.2) is 5.10 Å². The van der Waals surface area contributed by atoms with Crippen LogP contribution in [-0.2, 0) is 4.79 Å². The highest BCUT2D eigenvalue weighted by atomic mass is 19.3. The lowest BCUT2D eigenvalue weighted by Crippen LogP contribution is -2.24. The minimum atomic E-state index is -2.99. The highest BCUT2D eigenvalue weighted by Gasteiger charge is 2.12.